The molecule has 0 heterocycles. The molecule has 0 amide bonds. The van der Waals surface area contributed by atoms with Crippen molar-refractivity contribution in [3.63, 3.8) is 0 Å². The minimum Gasteiger partial charge on any atom is -0.373 e. The van der Waals surface area contributed by atoms with Gasteiger partial charge in [0.25, 0.3) is 0 Å². The molecular formula is C10H10I2O. The first kappa shape index (κ1) is 11.5. The Labute approximate surface area is 106 Å². The maximum atomic E-state index is 5.44. The van der Waals surface area contributed by atoms with Gasteiger partial charge in [-0.2, -0.15) is 0 Å². The van der Waals surface area contributed by atoms with Crippen molar-refractivity contribution in [2.45, 2.75) is 6.61 Å². The van der Waals surface area contributed by atoms with Crippen molar-refractivity contribution in [2.24, 2.45) is 0 Å². The van der Waals surface area contributed by atoms with Crippen molar-refractivity contribution < 1.29 is 4.74 Å². The molecular weight excluding hydrogens is 390 g/mol. The van der Waals surface area contributed by atoms with Gasteiger partial charge in [0.15, 0.2) is 0 Å². The Hall–Kier alpha value is 0.380. The molecule has 1 nitrogen and oxygen atoms in total. The first-order valence-electron chi connectivity index (χ1n) is 3.92. The van der Waals surface area contributed by atoms with E-state index in [-0.39, 0.29) is 0 Å². The number of hydrogen-bond acceptors (Lipinski definition) is 1. The molecule has 3 heteroatoms. The van der Waals surface area contributed by atoms with Crippen LogP contribution in [0.4, 0.5) is 0 Å². The van der Waals surface area contributed by atoms with Crippen molar-refractivity contribution in [2.75, 3.05) is 6.61 Å². The molecule has 0 saturated carbocycles. The normalized spacial score (nSPS) is 9.69. The van der Waals surface area contributed by atoms with E-state index in [0.29, 0.717) is 13.2 Å². The molecule has 0 aromatic heterocycles. The molecule has 70 valence electrons. The predicted molar refractivity (Wildman–Crippen MR) is 72.2 cm³/mol. The van der Waals surface area contributed by atoms with Gasteiger partial charge in [-0.1, -0.05) is 30.3 Å². The molecule has 1 aromatic carbocycles. The second-order valence-corrected chi connectivity index (χ2v) is 6.88. The van der Waals surface area contributed by atoms with Gasteiger partial charge < -0.3 is 4.74 Å². The van der Waals surface area contributed by atoms with Gasteiger partial charge in [0, 0.05) is 1.59 Å². The molecule has 0 radical (unpaired) electrons. The van der Waals surface area contributed by atoms with Gasteiger partial charge in [-0.05, 0) is 56.8 Å². The standard InChI is InChI=1S/C10H10I2O/c11-10(12)6-7-13-8-9-4-2-1-3-5-9/h1-6H,7-8H2. The lowest BCUT2D eigenvalue weighted by Crippen LogP contribution is -1.91. The highest BCUT2D eigenvalue weighted by molar-refractivity contribution is 14.2. The summed E-state index contributed by atoms with van der Waals surface area (Å²) in [6.07, 6.45) is 2.06. The average Bonchev–Trinajstić information content (AvgIpc) is 2.14. The van der Waals surface area contributed by atoms with E-state index in [4.69, 9.17) is 4.74 Å². The molecule has 0 N–H and O–H groups in total. The fraction of sp³-hybridized carbons (Fsp3) is 0.200. The van der Waals surface area contributed by atoms with Gasteiger partial charge in [-0.25, -0.2) is 0 Å². The van der Waals surface area contributed by atoms with Crippen molar-refractivity contribution in [1.29, 1.82) is 0 Å². The van der Waals surface area contributed by atoms with Gasteiger partial charge in [0.1, 0.15) is 0 Å². The van der Waals surface area contributed by atoms with E-state index in [1.165, 1.54) is 7.15 Å². The maximum absolute atomic E-state index is 5.44. The quantitative estimate of drug-likeness (QED) is 0.551. The Morgan fingerprint density at radius 3 is 2.54 bits per heavy atom. The smallest absolute Gasteiger partial charge is 0.0721 e. The van der Waals surface area contributed by atoms with Crippen LogP contribution in [0.3, 0.4) is 0 Å². The Kier molecular flexibility index (Phi) is 5.97. The zero-order chi connectivity index (χ0) is 9.52. The first-order valence-corrected chi connectivity index (χ1v) is 6.07. The maximum Gasteiger partial charge on any atom is 0.0721 e. The Bertz CT molecular complexity index is 266. The van der Waals surface area contributed by atoms with Crippen LogP contribution in [0, 0.1) is 0 Å². The number of hydrogen-bond donors (Lipinski definition) is 0. The van der Waals surface area contributed by atoms with E-state index >= 15 is 0 Å². The molecule has 0 aliphatic carbocycles. The van der Waals surface area contributed by atoms with Crippen LogP contribution in [0.25, 0.3) is 0 Å². The molecule has 0 aliphatic rings. The predicted octanol–water partition coefficient (Wildman–Crippen LogP) is 3.91. The zero-order valence-electron chi connectivity index (χ0n) is 7.04. The number of ether oxygens (including phenoxy) is 1. The second kappa shape index (κ2) is 6.78. The molecule has 0 saturated heterocycles. The van der Waals surface area contributed by atoms with E-state index in [2.05, 4.69) is 63.4 Å². The molecule has 0 fully saturated rings. The lowest BCUT2D eigenvalue weighted by atomic mass is 10.2. The third-order valence-electron chi connectivity index (χ3n) is 1.47. The van der Waals surface area contributed by atoms with Crippen LogP contribution >= 0.6 is 45.2 Å². The summed E-state index contributed by atoms with van der Waals surface area (Å²) in [4.78, 5) is 0. The molecule has 0 aliphatic heterocycles. The fourth-order valence-corrected chi connectivity index (χ4v) is 1.23. The van der Waals surface area contributed by atoms with Gasteiger partial charge >= 0.3 is 0 Å². The summed E-state index contributed by atoms with van der Waals surface area (Å²) in [6.45, 7) is 1.38. The second-order valence-electron chi connectivity index (χ2n) is 2.49. The highest BCUT2D eigenvalue weighted by atomic mass is 127. The van der Waals surface area contributed by atoms with E-state index in [1.54, 1.807) is 0 Å². The Morgan fingerprint density at radius 2 is 1.92 bits per heavy atom. The summed E-state index contributed by atoms with van der Waals surface area (Å²) < 4.78 is 6.68. The van der Waals surface area contributed by atoms with Crippen LogP contribution in [0.2, 0.25) is 0 Å². The summed E-state index contributed by atoms with van der Waals surface area (Å²) >= 11 is 4.53. The van der Waals surface area contributed by atoms with E-state index in [0.717, 1.165) is 0 Å². The van der Waals surface area contributed by atoms with Crippen LogP contribution in [0.15, 0.2) is 38.0 Å². The van der Waals surface area contributed by atoms with Crippen molar-refractivity contribution >= 4 is 45.2 Å². The third kappa shape index (κ3) is 5.64. The van der Waals surface area contributed by atoms with Crippen molar-refractivity contribution in [3.8, 4) is 0 Å². The van der Waals surface area contributed by atoms with E-state index in [9.17, 15) is 0 Å². The van der Waals surface area contributed by atoms with Gasteiger partial charge in [0.05, 0.1) is 13.2 Å². The summed E-state index contributed by atoms with van der Waals surface area (Å²) in [5, 5.41) is 0. The topological polar surface area (TPSA) is 9.23 Å². The molecule has 0 unspecified atom stereocenters. The number of benzene rings is 1. The van der Waals surface area contributed by atoms with Crippen molar-refractivity contribution in [1.82, 2.24) is 0 Å². The Balaban J connectivity index is 2.25. The molecule has 1 rings (SSSR count). The third-order valence-corrected chi connectivity index (χ3v) is 2.35. The van der Waals surface area contributed by atoms with Gasteiger partial charge in [-0.3, -0.25) is 0 Å². The highest BCUT2D eigenvalue weighted by Crippen LogP contribution is 2.13. The van der Waals surface area contributed by atoms with Gasteiger partial charge in [-0.15, -0.1) is 0 Å². The monoisotopic (exact) mass is 400 g/mol. The molecule has 0 spiro atoms. The van der Waals surface area contributed by atoms with Crippen LogP contribution < -0.4 is 0 Å². The number of halogens is 2. The summed E-state index contributed by atoms with van der Waals surface area (Å²) in [6, 6.07) is 10.2. The summed E-state index contributed by atoms with van der Waals surface area (Å²) in [5.41, 5.74) is 1.22. The average molecular weight is 400 g/mol. The molecule has 0 bridgehead atoms. The minimum absolute atomic E-state index is 0.691. The highest BCUT2D eigenvalue weighted by Gasteiger charge is 1.89. The van der Waals surface area contributed by atoms with Crippen LogP contribution in [0.1, 0.15) is 5.56 Å². The molecule has 1 aromatic rings. The summed E-state index contributed by atoms with van der Waals surface area (Å²) in [7, 11) is 0. The lowest BCUT2D eigenvalue weighted by Gasteiger charge is -2.00. The molecule has 0 atom stereocenters. The number of rotatable bonds is 4. The largest absolute Gasteiger partial charge is 0.373 e. The lowest BCUT2D eigenvalue weighted by molar-refractivity contribution is 0.149. The van der Waals surface area contributed by atoms with E-state index < -0.39 is 0 Å². The van der Waals surface area contributed by atoms with Gasteiger partial charge in [0.2, 0.25) is 0 Å². The SMILES string of the molecule is IC(I)=CCOCc1ccccc1. The fourth-order valence-electron chi connectivity index (χ4n) is 0.873. The minimum atomic E-state index is 0.691. The van der Waals surface area contributed by atoms with Crippen LogP contribution in [-0.2, 0) is 11.3 Å². The first-order chi connectivity index (χ1) is 6.29. The van der Waals surface area contributed by atoms with E-state index in [1.807, 2.05) is 18.2 Å². The van der Waals surface area contributed by atoms with Crippen LogP contribution in [0.5, 0.6) is 0 Å². The van der Waals surface area contributed by atoms with Crippen LogP contribution in [-0.4, -0.2) is 6.61 Å². The zero-order valence-corrected chi connectivity index (χ0v) is 11.4. The van der Waals surface area contributed by atoms with Crippen molar-refractivity contribution in [3.05, 3.63) is 43.6 Å². The molecule has 13 heavy (non-hydrogen) atoms. The summed E-state index contributed by atoms with van der Waals surface area (Å²) in [5.74, 6) is 0. The Morgan fingerprint density at radius 1 is 1.23 bits per heavy atom.